The van der Waals surface area contributed by atoms with Crippen molar-refractivity contribution in [2.24, 2.45) is 5.16 Å². The van der Waals surface area contributed by atoms with Crippen LogP contribution in [-0.4, -0.2) is 35.0 Å². The summed E-state index contributed by atoms with van der Waals surface area (Å²) in [6.45, 7) is 2.01. The Kier molecular flexibility index (Phi) is 2.73. The predicted octanol–water partition coefficient (Wildman–Crippen LogP) is 1.11. The van der Waals surface area contributed by atoms with Crippen LogP contribution in [0.15, 0.2) is 5.16 Å². The molecule has 1 saturated heterocycles. The Labute approximate surface area is 72.5 Å². The summed E-state index contributed by atoms with van der Waals surface area (Å²) in [4.78, 5) is 2.40. The fourth-order valence-corrected chi connectivity index (χ4v) is 1.50. The highest BCUT2D eigenvalue weighted by Crippen LogP contribution is 2.28. The third kappa shape index (κ3) is 1.84. The second kappa shape index (κ2) is 3.41. The molecule has 64 valence electrons. The minimum absolute atomic E-state index is 0. The van der Waals surface area contributed by atoms with Crippen molar-refractivity contribution in [3.63, 3.8) is 0 Å². The number of likely N-dealkylation sites (tertiary alicyclic amines) is 1. The van der Waals surface area contributed by atoms with Gasteiger partial charge in [-0.2, -0.15) is 0 Å². The lowest BCUT2D eigenvalue weighted by Gasteiger charge is -2.10. The zero-order chi connectivity index (χ0) is 6.97. The van der Waals surface area contributed by atoms with E-state index >= 15 is 0 Å². The van der Waals surface area contributed by atoms with E-state index < -0.39 is 0 Å². The number of oxime groups is 1. The van der Waals surface area contributed by atoms with Crippen molar-refractivity contribution in [3.05, 3.63) is 0 Å². The van der Waals surface area contributed by atoms with E-state index in [0.29, 0.717) is 0 Å². The number of halogens is 1. The maximum Gasteiger partial charge on any atom is 0.0723 e. The average Bonchev–Trinajstić information content (AvgIpc) is 2.70. The molecule has 0 amide bonds. The van der Waals surface area contributed by atoms with Gasteiger partial charge in [-0.25, -0.2) is 0 Å². The minimum atomic E-state index is 0. The summed E-state index contributed by atoms with van der Waals surface area (Å²) in [6.07, 6.45) is 3.66. The molecule has 1 N–H and O–H groups in total. The summed E-state index contributed by atoms with van der Waals surface area (Å²) in [5.74, 6) is 0. The standard InChI is InChI=1S/C7H12N2O.ClH/c10-8-6-3-4-9(5-6)7-1-2-7;/h7,10H,1-5H2;1H/b8-6-;. The molecular weight excluding hydrogens is 164 g/mol. The maximum atomic E-state index is 8.45. The number of hydrogen-bond acceptors (Lipinski definition) is 3. The van der Waals surface area contributed by atoms with Gasteiger partial charge in [0.2, 0.25) is 0 Å². The van der Waals surface area contributed by atoms with Crippen LogP contribution in [0.1, 0.15) is 19.3 Å². The first-order chi connectivity index (χ1) is 4.90. The predicted molar refractivity (Wildman–Crippen MR) is 45.7 cm³/mol. The molecule has 0 spiro atoms. The molecule has 0 unspecified atom stereocenters. The first-order valence-corrected chi connectivity index (χ1v) is 3.84. The number of nitrogens with zero attached hydrogens (tertiary/aromatic N) is 2. The summed E-state index contributed by atoms with van der Waals surface area (Å²) < 4.78 is 0. The van der Waals surface area contributed by atoms with Gasteiger partial charge in [0, 0.05) is 25.6 Å². The van der Waals surface area contributed by atoms with Crippen molar-refractivity contribution in [3.8, 4) is 0 Å². The molecule has 2 fully saturated rings. The molecule has 0 atom stereocenters. The topological polar surface area (TPSA) is 35.8 Å². The monoisotopic (exact) mass is 176 g/mol. The molecule has 2 rings (SSSR count). The van der Waals surface area contributed by atoms with Gasteiger partial charge in [0.15, 0.2) is 0 Å². The largest absolute Gasteiger partial charge is 0.411 e. The lowest BCUT2D eigenvalue weighted by Crippen LogP contribution is -2.22. The van der Waals surface area contributed by atoms with Crippen LogP contribution in [0.2, 0.25) is 0 Å². The third-order valence-electron chi connectivity index (χ3n) is 2.28. The van der Waals surface area contributed by atoms with Gasteiger partial charge in [-0.05, 0) is 12.8 Å². The molecule has 0 aromatic heterocycles. The van der Waals surface area contributed by atoms with Crippen molar-refractivity contribution < 1.29 is 5.21 Å². The quantitative estimate of drug-likeness (QED) is 0.480. The lowest BCUT2D eigenvalue weighted by molar-refractivity contribution is 0.313. The smallest absolute Gasteiger partial charge is 0.0723 e. The first-order valence-electron chi connectivity index (χ1n) is 3.84. The number of rotatable bonds is 1. The van der Waals surface area contributed by atoms with Crippen LogP contribution in [-0.2, 0) is 0 Å². The Morgan fingerprint density at radius 2 is 2.18 bits per heavy atom. The van der Waals surface area contributed by atoms with Crippen molar-refractivity contribution in [2.75, 3.05) is 13.1 Å². The van der Waals surface area contributed by atoms with E-state index in [1.165, 1.54) is 12.8 Å². The molecular formula is C7H13ClN2O. The fourth-order valence-electron chi connectivity index (χ4n) is 1.50. The van der Waals surface area contributed by atoms with E-state index in [-0.39, 0.29) is 12.4 Å². The van der Waals surface area contributed by atoms with Crippen LogP contribution < -0.4 is 0 Å². The van der Waals surface area contributed by atoms with Crippen LogP contribution >= 0.6 is 12.4 Å². The Morgan fingerprint density at radius 1 is 1.45 bits per heavy atom. The van der Waals surface area contributed by atoms with E-state index in [0.717, 1.165) is 31.3 Å². The summed E-state index contributed by atoms with van der Waals surface area (Å²) in [7, 11) is 0. The van der Waals surface area contributed by atoms with Crippen LogP contribution in [0.25, 0.3) is 0 Å². The lowest BCUT2D eigenvalue weighted by atomic mass is 10.3. The highest BCUT2D eigenvalue weighted by Gasteiger charge is 2.32. The Balaban J connectivity index is 0.000000605. The van der Waals surface area contributed by atoms with Crippen LogP contribution in [0.5, 0.6) is 0 Å². The van der Waals surface area contributed by atoms with Crippen LogP contribution in [0.3, 0.4) is 0 Å². The van der Waals surface area contributed by atoms with Crippen molar-refractivity contribution >= 4 is 18.1 Å². The van der Waals surface area contributed by atoms with E-state index in [9.17, 15) is 0 Å². The molecule has 1 aliphatic carbocycles. The van der Waals surface area contributed by atoms with Crippen molar-refractivity contribution in [1.29, 1.82) is 0 Å². The van der Waals surface area contributed by atoms with Gasteiger partial charge >= 0.3 is 0 Å². The zero-order valence-corrected chi connectivity index (χ0v) is 7.18. The summed E-state index contributed by atoms with van der Waals surface area (Å²) in [6, 6.07) is 0.819. The van der Waals surface area contributed by atoms with Gasteiger partial charge in [0.05, 0.1) is 5.71 Å². The summed E-state index contributed by atoms with van der Waals surface area (Å²) >= 11 is 0. The highest BCUT2D eigenvalue weighted by molar-refractivity contribution is 5.87. The van der Waals surface area contributed by atoms with Gasteiger partial charge in [0.1, 0.15) is 0 Å². The minimum Gasteiger partial charge on any atom is -0.411 e. The third-order valence-corrected chi connectivity index (χ3v) is 2.28. The second-order valence-corrected chi connectivity index (χ2v) is 3.12. The van der Waals surface area contributed by atoms with E-state index in [2.05, 4.69) is 10.1 Å². The SMILES string of the molecule is Cl.O/N=C1/CCN(C2CC2)C1. The molecule has 1 saturated carbocycles. The molecule has 0 aromatic carbocycles. The molecule has 0 bridgehead atoms. The van der Waals surface area contributed by atoms with Crippen molar-refractivity contribution in [2.45, 2.75) is 25.3 Å². The molecule has 4 heteroatoms. The molecule has 3 nitrogen and oxygen atoms in total. The van der Waals surface area contributed by atoms with Gasteiger partial charge < -0.3 is 5.21 Å². The van der Waals surface area contributed by atoms with Gasteiger partial charge in [-0.1, -0.05) is 5.16 Å². The molecule has 0 radical (unpaired) electrons. The summed E-state index contributed by atoms with van der Waals surface area (Å²) in [5.41, 5.74) is 0.951. The molecule has 1 aliphatic heterocycles. The normalized spacial score (nSPS) is 28.9. The van der Waals surface area contributed by atoms with Crippen molar-refractivity contribution in [1.82, 2.24) is 4.90 Å². The molecule has 2 aliphatic rings. The Hall–Kier alpha value is -0.280. The molecule has 1 heterocycles. The first kappa shape index (κ1) is 8.81. The Bertz CT molecular complexity index is 168. The second-order valence-electron chi connectivity index (χ2n) is 3.12. The van der Waals surface area contributed by atoms with E-state index in [4.69, 9.17) is 5.21 Å². The summed E-state index contributed by atoms with van der Waals surface area (Å²) in [5, 5.41) is 11.7. The maximum absolute atomic E-state index is 8.45. The average molecular weight is 177 g/mol. The molecule has 11 heavy (non-hydrogen) atoms. The van der Waals surface area contributed by atoms with Gasteiger partial charge in [0.25, 0.3) is 0 Å². The van der Waals surface area contributed by atoms with Gasteiger partial charge in [-0.15, -0.1) is 12.4 Å². The Morgan fingerprint density at radius 3 is 2.64 bits per heavy atom. The van der Waals surface area contributed by atoms with Gasteiger partial charge in [-0.3, -0.25) is 4.90 Å². The molecule has 0 aromatic rings. The van der Waals surface area contributed by atoms with Crippen LogP contribution in [0.4, 0.5) is 0 Å². The highest BCUT2D eigenvalue weighted by atomic mass is 35.5. The number of hydrogen-bond donors (Lipinski definition) is 1. The fraction of sp³-hybridized carbons (Fsp3) is 0.857. The van der Waals surface area contributed by atoms with E-state index in [1.54, 1.807) is 0 Å². The zero-order valence-electron chi connectivity index (χ0n) is 6.36. The van der Waals surface area contributed by atoms with E-state index in [1.807, 2.05) is 0 Å². The van der Waals surface area contributed by atoms with Crippen LogP contribution in [0, 0.1) is 0 Å².